The lowest BCUT2D eigenvalue weighted by atomic mass is 10.2. The van der Waals surface area contributed by atoms with Crippen molar-refractivity contribution in [3.63, 3.8) is 0 Å². The van der Waals surface area contributed by atoms with Crippen molar-refractivity contribution in [2.24, 2.45) is 5.73 Å². The second-order valence-electron chi connectivity index (χ2n) is 4.52. The van der Waals surface area contributed by atoms with E-state index in [-0.39, 0.29) is 6.04 Å². The Morgan fingerprint density at radius 3 is 2.71 bits per heavy atom. The molecule has 0 radical (unpaired) electrons. The first-order chi connectivity index (χ1) is 7.90. The molecule has 94 valence electrons. The molecule has 1 heterocycles. The monoisotopic (exact) mass is 252 g/mol. The van der Waals surface area contributed by atoms with Gasteiger partial charge in [0.05, 0.1) is 5.56 Å². The number of aryl methyl sites for hydroxylation is 1. The Kier molecular flexibility index (Phi) is 4.84. The predicted molar refractivity (Wildman–Crippen MR) is 76.5 cm³/mol. The van der Waals surface area contributed by atoms with Crippen LogP contribution in [0, 0.1) is 6.92 Å². The van der Waals surface area contributed by atoms with Crippen LogP contribution < -0.4 is 11.1 Å². The van der Waals surface area contributed by atoms with Gasteiger partial charge in [0.2, 0.25) is 0 Å². The topological polar surface area (TPSA) is 54.2 Å². The number of aromatic nitrogens is 1. The minimum Gasteiger partial charge on any atom is -0.389 e. The van der Waals surface area contributed by atoms with Crippen LogP contribution in [0.4, 0.5) is 5.82 Å². The van der Waals surface area contributed by atoms with E-state index < -0.39 is 0 Å². The SMILES string of the molecule is Cc1ccc(C(N)=S)c(NC(C)CN(C)C)n1. The van der Waals surface area contributed by atoms with E-state index in [9.17, 15) is 0 Å². The number of hydrogen-bond donors (Lipinski definition) is 2. The number of nitrogens with two attached hydrogens (primary N) is 1. The fourth-order valence-electron chi connectivity index (χ4n) is 1.69. The third-order valence-corrected chi connectivity index (χ3v) is 2.54. The van der Waals surface area contributed by atoms with Gasteiger partial charge in [-0.2, -0.15) is 0 Å². The number of anilines is 1. The Balaban J connectivity index is 2.88. The molecule has 17 heavy (non-hydrogen) atoms. The average molecular weight is 252 g/mol. The van der Waals surface area contributed by atoms with Gasteiger partial charge >= 0.3 is 0 Å². The third-order valence-electron chi connectivity index (χ3n) is 2.32. The molecule has 1 unspecified atom stereocenters. The third kappa shape index (κ3) is 4.28. The molecule has 3 N–H and O–H groups in total. The van der Waals surface area contributed by atoms with Gasteiger partial charge in [-0.15, -0.1) is 0 Å². The van der Waals surface area contributed by atoms with E-state index in [4.69, 9.17) is 18.0 Å². The predicted octanol–water partition coefficient (Wildman–Crippen LogP) is 1.39. The van der Waals surface area contributed by atoms with E-state index in [1.807, 2.05) is 33.2 Å². The van der Waals surface area contributed by atoms with Gasteiger partial charge in [0.15, 0.2) is 0 Å². The molecule has 0 spiro atoms. The molecule has 1 aromatic heterocycles. The Morgan fingerprint density at radius 2 is 2.18 bits per heavy atom. The summed E-state index contributed by atoms with van der Waals surface area (Å²) in [5.41, 5.74) is 7.43. The molecule has 0 fully saturated rings. The molecule has 0 aromatic carbocycles. The van der Waals surface area contributed by atoms with Gasteiger partial charge in [-0.05, 0) is 40.1 Å². The van der Waals surface area contributed by atoms with Crippen molar-refractivity contribution < 1.29 is 0 Å². The summed E-state index contributed by atoms with van der Waals surface area (Å²) in [6.45, 7) is 4.98. The number of rotatable bonds is 5. The highest BCUT2D eigenvalue weighted by Crippen LogP contribution is 2.14. The van der Waals surface area contributed by atoms with Crippen molar-refractivity contribution in [2.75, 3.05) is 26.0 Å². The molecule has 1 aromatic rings. The molecule has 0 saturated carbocycles. The lowest BCUT2D eigenvalue weighted by Gasteiger charge is -2.20. The van der Waals surface area contributed by atoms with Crippen molar-refractivity contribution in [1.82, 2.24) is 9.88 Å². The summed E-state index contributed by atoms with van der Waals surface area (Å²) in [5.74, 6) is 0.770. The van der Waals surface area contributed by atoms with Crippen LogP contribution in [-0.2, 0) is 0 Å². The maximum atomic E-state index is 5.68. The summed E-state index contributed by atoms with van der Waals surface area (Å²) in [7, 11) is 4.08. The fraction of sp³-hybridized carbons (Fsp3) is 0.500. The first-order valence-corrected chi connectivity index (χ1v) is 5.99. The minimum absolute atomic E-state index is 0.285. The summed E-state index contributed by atoms with van der Waals surface area (Å²) < 4.78 is 0. The quantitative estimate of drug-likeness (QED) is 0.776. The number of nitrogens with zero attached hydrogens (tertiary/aromatic N) is 2. The number of thiocarbonyl (C=S) groups is 1. The molecule has 1 atom stereocenters. The fourth-order valence-corrected chi connectivity index (χ4v) is 1.86. The van der Waals surface area contributed by atoms with Gasteiger partial charge in [0.1, 0.15) is 10.8 Å². The summed E-state index contributed by atoms with van der Waals surface area (Å²) in [6, 6.07) is 4.11. The highest BCUT2D eigenvalue weighted by atomic mass is 32.1. The molecule has 0 aliphatic heterocycles. The largest absolute Gasteiger partial charge is 0.389 e. The standard InChI is InChI=1S/C12H20N4S/c1-8-5-6-10(11(13)17)12(14-8)15-9(2)7-16(3)4/h5-6,9H,7H2,1-4H3,(H2,13,17)(H,14,15). The summed E-state index contributed by atoms with van der Waals surface area (Å²) in [4.78, 5) is 6.94. The lowest BCUT2D eigenvalue weighted by Crippen LogP contribution is -2.31. The van der Waals surface area contributed by atoms with Crippen LogP contribution >= 0.6 is 12.2 Å². The van der Waals surface area contributed by atoms with Gasteiger partial charge < -0.3 is 16.0 Å². The van der Waals surface area contributed by atoms with Crippen LogP contribution in [0.2, 0.25) is 0 Å². The molecule has 0 saturated heterocycles. The normalized spacial score (nSPS) is 12.5. The zero-order valence-corrected chi connectivity index (χ0v) is 11.6. The summed E-state index contributed by atoms with van der Waals surface area (Å²) in [6.07, 6.45) is 0. The first-order valence-electron chi connectivity index (χ1n) is 5.59. The number of nitrogens with one attached hydrogen (secondary N) is 1. The van der Waals surface area contributed by atoms with Crippen molar-refractivity contribution in [1.29, 1.82) is 0 Å². The number of likely N-dealkylation sites (N-methyl/N-ethyl adjacent to an activating group) is 1. The molecular weight excluding hydrogens is 232 g/mol. The highest BCUT2D eigenvalue weighted by Gasteiger charge is 2.10. The summed E-state index contributed by atoms with van der Waals surface area (Å²) in [5, 5.41) is 3.34. The van der Waals surface area contributed by atoms with Gasteiger partial charge in [-0.25, -0.2) is 4.98 Å². The van der Waals surface area contributed by atoms with Crippen molar-refractivity contribution in [3.8, 4) is 0 Å². The molecule has 1 rings (SSSR count). The van der Waals surface area contributed by atoms with E-state index in [0.29, 0.717) is 4.99 Å². The van der Waals surface area contributed by atoms with E-state index >= 15 is 0 Å². The van der Waals surface area contributed by atoms with Crippen LogP contribution in [0.1, 0.15) is 18.2 Å². The van der Waals surface area contributed by atoms with Gasteiger partial charge in [0.25, 0.3) is 0 Å². The van der Waals surface area contributed by atoms with Crippen molar-refractivity contribution in [3.05, 3.63) is 23.4 Å². The van der Waals surface area contributed by atoms with E-state index in [1.165, 1.54) is 0 Å². The first kappa shape index (κ1) is 13.9. The zero-order chi connectivity index (χ0) is 13.0. The van der Waals surface area contributed by atoms with Crippen LogP contribution in [0.25, 0.3) is 0 Å². The Hall–Kier alpha value is -1.20. The second-order valence-corrected chi connectivity index (χ2v) is 4.96. The maximum absolute atomic E-state index is 5.68. The summed E-state index contributed by atoms with van der Waals surface area (Å²) >= 11 is 5.02. The Bertz CT molecular complexity index is 403. The molecule has 0 bridgehead atoms. The van der Waals surface area contributed by atoms with Crippen LogP contribution in [0.5, 0.6) is 0 Å². The van der Waals surface area contributed by atoms with E-state index in [0.717, 1.165) is 23.6 Å². The average Bonchev–Trinajstić information content (AvgIpc) is 2.15. The van der Waals surface area contributed by atoms with Crippen LogP contribution in [0.3, 0.4) is 0 Å². The molecule has 0 aliphatic rings. The number of pyridine rings is 1. The van der Waals surface area contributed by atoms with Gasteiger partial charge in [-0.3, -0.25) is 0 Å². The molecule has 5 heteroatoms. The van der Waals surface area contributed by atoms with E-state index in [1.54, 1.807) is 0 Å². The van der Waals surface area contributed by atoms with Crippen molar-refractivity contribution >= 4 is 23.0 Å². The second kappa shape index (κ2) is 5.93. The molecule has 0 aliphatic carbocycles. The maximum Gasteiger partial charge on any atom is 0.136 e. The highest BCUT2D eigenvalue weighted by molar-refractivity contribution is 7.80. The molecule has 0 amide bonds. The molecular formula is C12H20N4S. The minimum atomic E-state index is 0.285. The lowest BCUT2D eigenvalue weighted by molar-refractivity contribution is 0.392. The molecule has 4 nitrogen and oxygen atoms in total. The van der Waals surface area contributed by atoms with Gasteiger partial charge in [-0.1, -0.05) is 12.2 Å². The Morgan fingerprint density at radius 1 is 1.53 bits per heavy atom. The van der Waals surface area contributed by atoms with Crippen molar-refractivity contribution in [2.45, 2.75) is 19.9 Å². The van der Waals surface area contributed by atoms with E-state index in [2.05, 4.69) is 22.1 Å². The Labute approximate surface area is 108 Å². The zero-order valence-electron chi connectivity index (χ0n) is 10.8. The van der Waals surface area contributed by atoms with Gasteiger partial charge in [0, 0.05) is 18.3 Å². The van der Waals surface area contributed by atoms with Crippen LogP contribution in [-0.4, -0.2) is 41.6 Å². The van der Waals surface area contributed by atoms with Crippen LogP contribution in [0.15, 0.2) is 12.1 Å². The number of hydrogen-bond acceptors (Lipinski definition) is 4. The smallest absolute Gasteiger partial charge is 0.136 e.